The molecule has 1 N–H and O–H groups in total. The van der Waals surface area contributed by atoms with E-state index in [-0.39, 0.29) is 6.04 Å². The van der Waals surface area contributed by atoms with E-state index < -0.39 is 0 Å². The zero-order chi connectivity index (χ0) is 11.8. The van der Waals surface area contributed by atoms with Crippen LogP contribution in [0.4, 0.5) is 0 Å². The number of aromatic nitrogens is 2. The highest BCUT2D eigenvalue weighted by atomic mass is 16.1. The second kappa shape index (κ2) is 3.87. The van der Waals surface area contributed by atoms with Crippen molar-refractivity contribution >= 4 is 17.4 Å². The quantitative estimate of drug-likeness (QED) is 0.802. The van der Waals surface area contributed by atoms with Crippen molar-refractivity contribution in [1.29, 1.82) is 0 Å². The Morgan fingerprint density at radius 3 is 3.24 bits per heavy atom. The fraction of sp³-hybridized carbons (Fsp3) is 0.385. The first-order valence-electron chi connectivity index (χ1n) is 5.95. The summed E-state index contributed by atoms with van der Waals surface area (Å²) in [5.74, 6) is 0.912. The lowest BCUT2D eigenvalue weighted by molar-refractivity contribution is -0.119. The van der Waals surface area contributed by atoms with Crippen LogP contribution < -0.4 is 0 Å². The van der Waals surface area contributed by atoms with Gasteiger partial charge in [-0.15, -0.1) is 0 Å². The molecule has 1 aliphatic heterocycles. The van der Waals surface area contributed by atoms with Crippen molar-refractivity contribution in [3.63, 3.8) is 0 Å². The van der Waals surface area contributed by atoms with Gasteiger partial charge in [0.25, 0.3) is 0 Å². The van der Waals surface area contributed by atoms with E-state index >= 15 is 0 Å². The van der Waals surface area contributed by atoms with E-state index in [2.05, 4.69) is 29.0 Å². The summed E-state index contributed by atoms with van der Waals surface area (Å²) in [6.07, 6.45) is 2.98. The number of carbonyl (C=O) groups excluding carboxylic acids is 1. The number of carbonyl (C=O) groups is 1. The molecule has 1 aromatic carbocycles. The second-order valence-corrected chi connectivity index (χ2v) is 4.64. The maximum Gasteiger partial charge on any atom is 0.210 e. The molecule has 2 heterocycles. The normalized spacial score (nSPS) is 20.1. The fourth-order valence-corrected chi connectivity index (χ4v) is 2.51. The van der Waals surface area contributed by atoms with Crippen LogP contribution in [0.25, 0.3) is 11.0 Å². The second-order valence-electron chi connectivity index (χ2n) is 4.64. The molecule has 1 fully saturated rings. The van der Waals surface area contributed by atoms with Gasteiger partial charge in [0.15, 0.2) is 0 Å². The molecule has 4 nitrogen and oxygen atoms in total. The molecule has 88 valence electrons. The number of aromatic amines is 1. The fourth-order valence-electron chi connectivity index (χ4n) is 2.51. The number of hydrogen-bond donors (Lipinski definition) is 1. The minimum absolute atomic E-state index is 0.125. The van der Waals surface area contributed by atoms with Gasteiger partial charge < -0.3 is 9.88 Å². The average Bonchev–Trinajstić information content (AvgIpc) is 2.93. The van der Waals surface area contributed by atoms with E-state index in [0.717, 1.165) is 42.7 Å². The summed E-state index contributed by atoms with van der Waals surface area (Å²) < 4.78 is 0. The van der Waals surface area contributed by atoms with E-state index in [1.54, 1.807) is 0 Å². The van der Waals surface area contributed by atoms with Gasteiger partial charge in [-0.3, -0.25) is 4.79 Å². The van der Waals surface area contributed by atoms with Crippen molar-refractivity contribution < 1.29 is 4.79 Å². The number of likely N-dealkylation sites (tertiary alicyclic amines) is 1. The summed E-state index contributed by atoms with van der Waals surface area (Å²) in [4.78, 5) is 20.7. The number of nitrogens with zero attached hydrogens (tertiary/aromatic N) is 2. The minimum atomic E-state index is 0.125. The molecule has 0 saturated carbocycles. The average molecular weight is 229 g/mol. The molecule has 2 aromatic rings. The van der Waals surface area contributed by atoms with Crippen LogP contribution in [-0.4, -0.2) is 27.8 Å². The maximum atomic E-state index is 10.9. The number of H-pyrrole nitrogens is 1. The van der Waals surface area contributed by atoms with Gasteiger partial charge in [0, 0.05) is 6.54 Å². The molecule has 0 radical (unpaired) electrons. The Balaban J connectivity index is 2.03. The number of aryl methyl sites for hydroxylation is 1. The van der Waals surface area contributed by atoms with Gasteiger partial charge in [-0.1, -0.05) is 6.07 Å². The number of imidazole rings is 1. The van der Waals surface area contributed by atoms with Crippen LogP contribution in [0.3, 0.4) is 0 Å². The van der Waals surface area contributed by atoms with Crippen LogP contribution in [-0.2, 0) is 4.79 Å². The molecule has 0 aliphatic carbocycles. The number of benzene rings is 1. The molecular formula is C13H15N3O. The number of fused-ring (bicyclic) bond motifs is 1. The predicted molar refractivity (Wildman–Crippen MR) is 65.6 cm³/mol. The monoisotopic (exact) mass is 229 g/mol. The lowest BCUT2D eigenvalue weighted by Crippen LogP contribution is -2.21. The van der Waals surface area contributed by atoms with Crippen molar-refractivity contribution in [2.24, 2.45) is 0 Å². The Labute approximate surface area is 99.6 Å². The van der Waals surface area contributed by atoms with Crippen LogP contribution in [0.1, 0.15) is 30.3 Å². The highest BCUT2D eigenvalue weighted by molar-refractivity contribution is 5.76. The van der Waals surface area contributed by atoms with E-state index in [1.165, 1.54) is 5.56 Å². The van der Waals surface area contributed by atoms with Gasteiger partial charge in [-0.05, 0) is 37.5 Å². The zero-order valence-electron chi connectivity index (χ0n) is 9.81. The summed E-state index contributed by atoms with van der Waals surface area (Å²) in [6, 6.07) is 6.29. The molecule has 1 aromatic heterocycles. The van der Waals surface area contributed by atoms with Gasteiger partial charge in [0.1, 0.15) is 5.82 Å². The van der Waals surface area contributed by atoms with E-state index in [0.29, 0.717) is 0 Å². The number of hydrogen-bond acceptors (Lipinski definition) is 2. The van der Waals surface area contributed by atoms with Crippen LogP contribution in [0.5, 0.6) is 0 Å². The Hall–Kier alpha value is -1.84. The molecule has 0 bridgehead atoms. The van der Waals surface area contributed by atoms with Gasteiger partial charge in [-0.2, -0.15) is 0 Å². The van der Waals surface area contributed by atoms with Crippen molar-refractivity contribution in [2.45, 2.75) is 25.8 Å². The third-order valence-corrected chi connectivity index (χ3v) is 3.40. The van der Waals surface area contributed by atoms with Crippen molar-refractivity contribution in [3.8, 4) is 0 Å². The summed E-state index contributed by atoms with van der Waals surface area (Å²) in [6.45, 7) is 2.90. The molecule has 1 aliphatic rings. The van der Waals surface area contributed by atoms with Gasteiger partial charge in [0.2, 0.25) is 6.41 Å². The first-order valence-corrected chi connectivity index (χ1v) is 5.95. The lowest BCUT2D eigenvalue weighted by atomic mass is 10.2. The third kappa shape index (κ3) is 1.69. The molecule has 1 amide bonds. The smallest absolute Gasteiger partial charge is 0.210 e. The Kier molecular flexibility index (Phi) is 2.35. The molecule has 1 saturated heterocycles. The van der Waals surface area contributed by atoms with Crippen LogP contribution in [0.2, 0.25) is 0 Å². The van der Waals surface area contributed by atoms with Crippen molar-refractivity contribution in [3.05, 3.63) is 29.6 Å². The van der Waals surface area contributed by atoms with Crippen LogP contribution in [0.15, 0.2) is 18.2 Å². The number of nitrogens with one attached hydrogen (secondary N) is 1. The van der Waals surface area contributed by atoms with Crippen LogP contribution >= 0.6 is 0 Å². The summed E-state index contributed by atoms with van der Waals surface area (Å²) in [5, 5.41) is 0. The highest BCUT2D eigenvalue weighted by Crippen LogP contribution is 2.30. The van der Waals surface area contributed by atoms with Crippen molar-refractivity contribution in [2.75, 3.05) is 6.54 Å². The summed E-state index contributed by atoms with van der Waals surface area (Å²) >= 11 is 0. The topological polar surface area (TPSA) is 49.0 Å². The predicted octanol–water partition coefficient (Wildman–Crippen LogP) is 2.16. The standard InChI is InChI=1S/C13H15N3O/c1-9-4-5-10-11(7-9)15-13(14-10)12-3-2-6-16(12)8-17/h4-5,7-8,12H,2-3,6H2,1H3,(H,14,15). The highest BCUT2D eigenvalue weighted by Gasteiger charge is 2.27. The summed E-state index contributed by atoms with van der Waals surface area (Å²) in [5.41, 5.74) is 3.24. The molecule has 17 heavy (non-hydrogen) atoms. The zero-order valence-corrected chi connectivity index (χ0v) is 9.81. The molecule has 1 unspecified atom stereocenters. The molecule has 1 atom stereocenters. The van der Waals surface area contributed by atoms with E-state index in [1.807, 2.05) is 11.0 Å². The Morgan fingerprint density at radius 2 is 2.41 bits per heavy atom. The molecule has 4 heteroatoms. The SMILES string of the molecule is Cc1ccc2nc(C3CCCN3C=O)[nH]c2c1. The Bertz CT molecular complexity index is 561. The van der Waals surface area contributed by atoms with Crippen LogP contribution in [0, 0.1) is 6.92 Å². The van der Waals surface area contributed by atoms with E-state index in [4.69, 9.17) is 0 Å². The number of rotatable bonds is 2. The molecule has 0 spiro atoms. The first kappa shape index (κ1) is 10.3. The molecular weight excluding hydrogens is 214 g/mol. The van der Waals surface area contributed by atoms with Gasteiger partial charge >= 0.3 is 0 Å². The number of amides is 1. The third-order valence-electron chi connectivity index (χ3n) is 3.40. The maximum absolute atomic E-state index is 10.9. The minimum Gasteiger partial charge on any atom is -0.340 e. The van der Waals surface area contributed by atoms with Crippen molar-refractivity contribution in [1.82, 2.24) is 14.9 Å². The largest absolute Gasteiger partial charge is 0.340 e. The van der Waals surface area contributed by atoms with E-state index in [9.17, 15) is 4.79 Å². The lowest BCUT2D eigenvalue weighted by Gasteiger charge is -2.17. The van der Waals surface area contributed by atoms with Gasteiger partial charge in [0.05, 0.1) is 17.1 Å². The molecule has 3 rings (SSSR count). The summed E-state index contributed by atoms with van der Waals surface area (Å²) in [7, 11) is 0. The Morgan fingerprint density at radius 1 is 1.53 bits per heavy atom. The van der Waals surface area contributed by atoms with Gasteiger partial charge in [-0.25, -0.2) is 4.98 Å². The first-order chi connectivity index (χ1) is 8.28.